The van der Waals surface area contributed by atoms with E-state index < -0.39 is 0 Å². The van der Waals surface area contributed by atoms with Crippen molar-refractivity contribution in [2.75, 3.05) is 5.32 Å². The zero-order valence-corrected chi connectivity index (χ0v) is 12.7. The third-order valence-electron chi connectivity index (χ3n) is 2.74. The van der Waals surface area contributed by atoms with E-state index in [9.17, 15) is 9.18 Å². The monoisotopic (exact) mass is 339 g/mol. The van der Waals surface area contributed by atoms with Gasteiger partial charge in [-0.15, -0.1) is 0 Å². The van der Waals surface area contributed by atoms with Crippen molar-refractivity contribution in [2.24, 2.45) is 0 Å². The van der Waals surface area contributed by atoms with Crippen molar-refractivity contribution in [1.82, 2.24) is 9.78 Å². The van der Waals surface area contributed by atoms with Gasteiger partial charge in [0.25, 0.3) is 0 Å². The number of rotatable bonds is 5. The summed E-state index contributed by atoms with van der Waals surface area (Å²) in [6.07, 6.45) is 2.94. The average Bonchev–Trinajstić information content (AvgIpc) is 2.73. The number of hydrogen-bond donors (Lipinski definition) is 1. The smallest absolute Gasteiger partial charge is 0.225 e. The molecule has 0 atom stereocenters. The molecule has 1 heterocycles. The minimum absolute atomic E-state index is 0.0793. The number of hydrogen-bond acceptors (Lipinski definition) is 2. The second-order valence-electron chi connectivity index (χ2n) is 4.41. The van der Waals surface area contributed by atoms with Crippen LogP contribution in [-0.2, 0) is 11.3 Å². The van der Waals surface area contributed by atoms with E-state index in [0.717, 1.165) is 6.42 Å². The van der Waals surface area contributed by atoms with Crippen LogP contribution in [0.2, 0.25) is 0 Å². The SMILES string of the molecule is CCCC(=O)Nc1nn(Cc2ccccc2F)cc1Br. The maximum atomic E-state index is 13.6. The van der Waals surface area contributed by atoms with E-state index in [1.807, 2.05) is 6.92 Å². The van der Waals surface area contributed by atoms with Gasteiger partial charge in [0.2, 0.25) is 5.91 Å². The molecular weight excluding hydrogens is 325 g/mol. The maximum Gasteiger partial charge on any atom is 0.225 e. The van der Waals surface area contributed by atoms with E-state index in [2.05, 4.69) is 26.3 Å². The van der Waals surface area contributed by atoms with Crippen LogP contribution in [0.25, 0.3) is 0 Å². The molecule has 1 aromatic heterocycles. The molecule has 0 spiro atoms. The van der Waals surface area contributed by atoms with E-state index >= 15 is 0 Å². The minimum Gasteiger partial charge on any atom is -0.308 e. The molecule has 0 saturated carbocycles. The molecule has 1 amide bonds. The van der Waals surface area contributed by atoms with Gasteiger partial charge in [0.1, 0.15) is 5.82 Å². The fraction of sp³-hybridized carbons (Fsp3) is 0.286. The van der Waals surface area contributed by atoms with Crippen LogP contribution in [0.15, 0.2) is 34.9 Å². The van der Waals surface area contributed by atoms with Gasteiger partial charge < -0.3 is 5.32 Å². The van der Waals surface area contributed by atoms with E-state index in [1.54, 1.807) is 29.1 Å². The Morgan fingerprint density at radius 2 is 2.20 bits per heavy atom. The molecule has 6 heteroatoms. The molecule has 0 bridgehead atoms. The lowest BCUT2D eigenvalue weighted by molar-refractivity contribution is -0.116. The molecule has 2 aromatic rings. The number of anilines is 1. The Bertz CT molecular complexity index is 612. The molecule has 0 radical (unpaired) electrons. The van der Waals surface area contributed by atoms with Crippen LogP contribution in [0.1, 0.15) is 25.3 Å². The van der Waals surface area contributed by atoms with Crippen LogP contribution in [0, 0.1) is 5.82 Å². The second-order valence-corrected chi connectivity index (χ2v) is 5.27. The van der Waals surface area contributed by atoms with Crippen molar-refractivity contribution in [1.29, 1.82) is 0 Å². The summed E-state index contributed by atoms with van der Waals surface area (Å²) >= 11 is 3.34. The summed E-state index contributed by atoms with van der Waals surface area (Å²) in [7, 11) is 0. The van der Waals surface area contributed by atoms with Crippen molar-refractivity contribution < 1.29 is 9.18 Å². The van der Waals surface area contributed by atoms with Gasteiger partial charge in [0.05, 0.1) is 11.0 Å². The Morgan fingerprint density at radius 1 is 1.45 bits per heavy atom. The Hall–Kier alpha value is -1.69. The summed E-state index contributed by atoms with van der Waals surface area (Å²) in [6, 6.07) is 6.55. The topological polar surface area (TPSA) is 46.9 Å². The molecule has 4 nitrogen and oxygen atoms in total. The fourth-order valence-corrected chi connectivity index (χ4v) is 2.20. The van der Waals surface area contributed by atoms with Gasteiger partial charge >= 0.3 is 0 Å². The molecule has 2 rings (SSSR count). The zero-order chi connectivity index (χ0) is 14.5. The molecular formula is C14H15BrFN3O. The van der Waals surface area contributed by atoms with Crippen LogP contribution < -0.4 is 5.32 Å². The average molecular weight is 340 g/mol. The van der Waals surface area contributed by atoms with Gasteiger partial charge in [0, 0.05) is 18.2 Å². The number of aromatic nitrogens is 2. The summed E-state index contributed by atoms with van der Waals surface area (Å²) in [5.41, 5.74) is 0.550. The molecule has 0 unspecified atom stereocenters. The van der Waals surface area contributed by atoms with Crippen molar-refractivity contribution in [3.05, 3.63) is 46.3 Å². The van der Waals surface area contributed by atoms with Crippen LogP contribution in [-0.4, -0.2) is 15.7 Å². The summed E-state index contributed by atoms with van der Waals surface area (Å²) in [4.78, 5) is 11.5. The molecule has 1 aromatic carbocycles. The van der Waals surface area contributed by atoms with E-state index in [1.165, 1.54) is 6.07 Å². The van der Waals surface area contributed by atoms with E-state index in [0.29, 0.717) is 28.8 Å². The quantitative estimate of drug-likeness (QED) is 0.905. The third kappa shape index (κ3) is 3.66. The van der Waals surface area contributed by atoms with Gasteiger partial charge in [-0.05, 0) is 28.4 Å². The molecule has 1 N–H and O–H groups in total. The van der Waals surface area contributed by atoms with Gasteiger partial charge in [0.15, 0.2) is 5.82 Å². The van der Waals surface area contributed by atoms with Crippen LogP contribution in [0.3, 0.4) is 0 Å². The Labute approximate surface area is 125 Å². The van der Waals surface area contributed by atoms with E-state index in [-0.39, 0.29) is 11.7 Å². The number of halogens is 2. The van der Waals surface area contributed by atoms with Crippen LogP contribution in [0.5, 0.6) is 0 Å². The number of nitrogens with one attached hydrogen (secondary N) is 1. The summed E-state index contributed by atoms with van der Waals surface area (Å²) < 4.78 is 15.8. The highest BCUT2D eigenvalue weighted by Gasteiger charge is 2.11. The lowest BCUT2D eigenvalue weighted by Gasteiger charge is -2.03. The van der Waals surface area contributed by atoms with Gasteiger partial charge in [-0.3, -0.25) is 9.48 Å². The summed E-state index contributed by atoms with van der Waals surface area (Å²) in [6.45, 7) is 2.25. The first-order valence-corrected chi connectivity index (χ1v) is 7.15. The number of amides is 1. The Morgan fingerprint density at radius 3 is 2.90 bits per heavy atom. The highest BCUT2D eigenvalue weighted by atomic mass is 79.9. The number of benzene rings is 1. The fourth-order valence-electron chi connectivity index (χ4n) is 1.79. The van der Waals surface area contributed by atoms with Crippen molar-refractivity contribution >= 4 is 27.7 Å². The highest BCUT2D eigenvalue weighted by molar-refractivity contribution is 9.10. The highest BCUT2D eigenvalue weighted by Crippen LogP contribution is 2.21. The van der Waals surface area contributed by atoms with Gasteiger partial charge in [-0.2, -0.15) is 5.10 Å². The number of carbonyl (C=O) groups is 1. The largest absolute Gasteiger partial charge is 0.308 e. The van der Waals surface area contributed by atoms with Crippen LogP contribution in [0.4, 0.5) is 10.2 Å². The maximum absolute atomic E-state index is 13.6. The molecule has 20 heavy (non-hydrogen) atoms. The van der Waals surface area contributed by atoms with Crippen molar-refractivity contribution in [3.8, 4) is 0 Å². The van der Waals surface area contributed by atoms with Crippen LogP contribution >= 0.6 is 15.9 Å². The van der Waals surface area contributed by atoms with Crippen molar-refractivity contribution in [2.45, 2.75) is 26.3 Å². The second kappa shape index (κ2) is 6.65. The van der Waals surface area contributed by atoms with Gasteiger partial charge in [-0.25, -0.2) is 4.39 Å². The first kappa shape index (κ1) is 14.7. The first-order valence-electron chi connectivity index (χ1n) is 6.36. The molecule has 0 saturated heterocycles. The summed E-state index contributed by atoms with van der Waals surface area (Å²) in [5.74, 6) is 0.111. The minimum atomic E-state index is -0.268. The van der Waals surface area contributed by atoms with Gasteiger partial charge in [-0.1, -0.05) is 25.1 Å². The Kier molecular flexibility index (Phi) is 4.89. The molecule has 0 aliphatic heterocycles. The normalized spacial score (nSPS) is 10.6. The molecule has 106 valence electrons. The predicted octanol–water partition coefficient (Wildman–Crippen LogP) is 3.57. The molecule has 0 fully saturated rings. The molecule has 0 aliphatic carbocycles. The lowest BCUT2D eigenvalue weighted by atomic mass is 10.2. The number of nitrogens with zero attached hydrogens (tertiary/aromatic N) is 2. The van der Waals surface area contributed by atoms with Crippen molar-refractivity contribution in [3.63, 3.8) is 0 Å². The standard InChI is InChI=1S/C14H15BrFN3O/c1-2-5-13(20)17-14-11(15)9-19(18-14)8-10-6-3-4-7-12(10)16/h3-4,6-7,9H,2,5,8H2,1H3,(H,17,18,20). The third-order valence-corrected chi connectivity index (χ3v) is 3.32. The van der Waals surface area contributed by atoms with E-state index in [4.69, 9.17) is 0 Å². The molecule has 0 aliphatic rings. The Balaban J connectivity index is 2.11. The summed E-state index contributed by atoms with van der Waals surface area (Å²) in [5, 5.41) is 6.96. The number of carbonyl (C=O) groups excluding carboxylic acids is 1. The lowest BCUT2D eigenvalue weighted by Crippen LogP contribution is -2.12. The first-order chi connectivity index (χ1) is 9.60. The zero-order valence-electron chi connectivity index (χ0n) is 11.1. The predicted molar refractivity (Wildman–Crippen MR) is 79.0 cm³/mol.